The van der Waals surface area contributed by atoms with Crippen molar-refractivity contribution in [2.24, 2.45) is 0 Å². The van der Waals surface area contributed by atoms with Gasteiger partial charge in [0, 0.05) is 10.4 Å². The molecular formula is C18H14ClFN2OS. The lowest BCUT2D eigenvalue weighted by molar-refractivity contribution is -0.113. The zero-order valence-corrected chi connectivity index (χ0v) is 14.4. The number of anilines is 1. The van der Waals surface area contributed by atoms with Gasteiger partial charge in [0.2, 0.25) is 5.91 Å². The average Bonchev–Trinajstić information content (AvgIpc) is 2.56. The number of aromatic nitrogens is 1. The van der Waals surface area contributed by atoms with E-state index >= 15 is 0 Å². The highest BCUT2D eigenvalue weighted by Crippen LogP contribution is 2.24. The number of fused-ring (bicyclic) bond motifs is 1. The van der Waals surface area contributed by atoms with Crippen LogP contribution in [0.1, 0.15) is 5.56 Å². The van der Waals surface area contributed by atoms with Crippen LogP contribution in [-0.2, 0) is 4.79 Å². The molecule has 1 heterocycles. The maximum Gasteiger partial charge on any atom is 0.234 e. The van der Waals surface area contributed by atoms with E-state index in [2.05, 4.69) is 10.3 Å². The summed E-state index contributed by atoms with van der Waals surface area (Å²) in [6, 6.07) is 13.8. The minimum Gasteiger partial charge on any atom is -0.323 e. The molecule has 0 radical (unpaired) electrons. The first-order valence-corrected chi connectivity index (χ1v) is 8.63. The summed E-state index contributed by atoms with van der Waals surface area (Å²) < 4.78 is 13.6. The molecule has 0 unspecified atom stereocenters. The second-order valence-corrected chi connectivity index (χ2v) is 6.69. The largest absolute Gasteiger partial charge is 0.323 e. The van der Waals surface area contributed by atoms with Gasteiger partial charge in [-0.25, -0.2) is 9.37 Å². The van der Waals surface area contributed by atoms with Crippen LogP contribution < -0.4 is 5.32 Å². The standard InChI is InChI=1S/C18H14ClFN2OS/c1-11-8-18(22-15-5-3-2-4-13(11)15)24-10-17(23)21-16-9-12(19)6-7-14(16)20/h2-9H,10H2,1H3,(H,21,23). The first-order chi connectivity index (χ1) is 11.5. The Morgan fingerprint density at radius 2 is 2.04 bits per heavy atom. The van der Waals surface area contributed by atoms with E-state index in [1.807, 2.05) is 37.3 Å². The number of nitrogens with zero attached hydrogens (tertiary/aromatic N) is 1. The number of para-hydroxylation sites is 1. The van der Waals surface area contributed by atoms with E-state index in [1.54, 1.807) is 0 Å². The van der Waals surface area contributed by atoms with Crippen LogP contribution in [0.3, 0.4) is 0 Å². The van der Waals surface area contributed by atoms with Crippen LogP contribution in [0.25, 0.3) is 10.9 Å². The fraction of sp³-hybridized carbons (Fsp3) is 0.111. The van der Waals surface area contributed by atoms with Crippen LogP contribution >= 0.6 is 23.4 Å². The van der Waals surface area contributed by atoms with Gasteiger partial charge in [0.05, 0.1) is 22.0 Å². The number of pyridine rings is 1. The molecule has 0 fully saturated rings. The molecule has 0 aliphatic heterocycles. The van der Waals surface area contributed by atoms with Gasteiger partial charge < -0.3 is 5.32 Å². The summed E-state index contributed by atoms with van der Waals surface area (Å²) in [6.45, 7) is 2.01. The number of hydrogen-bond acceptors (Lipinski definition) is 3. The molecule has 0 saturated heterocycles. The summed E-state index contributed by atoms with van der Waals surface area (Å²) in [6.07, 6.45) is 0. The summed E-state index contributed by atoms with van der Waals surface area (Å²) in [7, 11) is 0. The molecule has 2 aromatic carbocycles. The van der Waals surface area contributed by atoms with Crippen molar-refractivity contribution in [1.82, 2.24) is 4.98 Å². The smallest absolute Gasteiger partial charge is 0.234 e. The summed E-state index contributed by atoms with van der Waals surface area (Å²) in [5, 5.41) is 4.74. The van der Waals surface area contributed by atoms with Crippen LogP contribution in [0.2, 0.25) is 5.02 Å². The fourth-order valence-corrected chi connectivity index (χ4v) is 3.26. The zero-order valence-electron chi connectivity index (χ0n) is 12.8. The number of benzene rings is 2. The van der Waals surface area contributed by atoms with E-state index in [0.717, 1.165) is 21.5 Å². The molecule has 0 spiro atoms. The number of thioether (sulfide) groups is 1. The Hall–Kier alpha value is -2.11. The Balaban J connectivity index is 1.69. The minimum absolute atomic E-state index is 0.0794. The Labute approximate surface area is 148 Å². The van der Waals surface area contributed by atoms with E-state index in [9.17, 15) is 9.18 Å². The number of nitrogens with one attached hydrogen (secondary N) is 1. The molecule has 24 heavy (non-hydrogen) atoms. The molecule has 0 atom stereocenters. The topological polar surface area (TPSA) is 42.0 Å². The van der Waals surface area contributed by atoms with Gasteiger partial charge in [0.15, 0.2) is 0 Å². The number of carbonyl (C=O) groups excluding carboxylic acids is 1. The number of rotatable bonds is 4. The van der Waals surface area contributed by atoms with Crippen LogP contribution in [0, 0.1) is 12.7 Å². The van der Waals surface area contributed by atoms with Gasteiger partial charge in [0.25, 0.3) is 0 Å². The number of aryl methyl sites for hydroxylation is 1. The maximum absolute atomic E-state index is 13.6. The zero-order chi connectivity index (χ0) is 17.1. The van der Waals surface area contributed by atoms with E-state index in [0.29, 0.717) is 5.02 Å². The molecule has 1 N–H and O–H groups in total. The Morgan fingerprint density at radius 1 is 1.25 bits per heavy atom. The molecule has 3 nitrogen and oxygen atoms in total. The van der Waals surface area contributed by atoms with Crippen molar-refractivity contribution < 1.29 is 9.18 Å². The summed E-state index contributed by atoms with van der Waals surface area (Å²) in [5.74, 6) is -0.692. The van der Waals surface area contributed by atoms with Gasteiger partial charge >= 0.3 is 0 Å². The third-order valence-electron chi connectivity index (χ3n) is 3.45. The predicted molar refractivity (Wildman–Crippen MR) is 97.2 cm³/mol. The highest BCUT2D eigenvalue weighted by molar-refractivity contribution is 7.99. The SMILES string of the molecule is Cc1cc(SCC(=O)Nc2cc(Cl)ccc2F)nc2ccccc12. The van der Waals surface area contributed by atoms with Crippen LogP contribution in [-0.4, -0.2) is 16.6 Å². The minimum atomic E-state index is -0.516. The average molecular weight is 361 g/mol. The van der Waals surface area contributed by atoms with Gasteiger partial charge in [0.1, 0.15) is 5.82 Å². The lowest BCUT2D eigenvalue weighted by Crippen LogP contribution is -2.15. The molecular weight excluding hydrogens is 347 g/mol. The first kappa shape index (κ1) is 16.7. The second kappa shape index (κ2) is 7.20. The molecule has 122 valence electrons. The number of carbonyl (C=O) groups is 1. The van der Waals surface area contributed by atoms with Crippen molar-refractivity contribution in [3.05, 3.63) is 64.9 Å². The molecule has 0 bridgehead atoms. The molecule has 1 amide bonds. The Morgan fingerprint density at radius 3 is 2.88 bits per heavy atom. The molecule has 0 saturated carbocycles. The van der Waals surface area contributed by atoms with Crippen LogP contribution in [0.15, 0.2) is 53.6 Å². The van der Waals surface area contributed by atoms with Crippen molar-refractivity contribution >= 4 is 45.9 Å². The van der Waals surface area contributed by atoms with E-state index < -0.39 is 5.82 Å². The van der Waals surface area contributed by atoms with Crippen molar-refractivity contribution in [2.75, 3.05) is 11.1 Å². The molecule has 3 rings (SSSR count). The predicted octanol–water partition coefficient (Wildman–Crippen LogP) is 5.07. The van der Waals surface area contributed by atoms with Gasteiger partial charge in [-0.15, -0.1) is 0 Å². The van der Waals surface area contributed by atoms with Crippen molar-refractivity contribution in [3.63, 3.8) is 0 Å². The number of hydrogen-bond donors (Lipinski definition) is 1. The molecule has 0 aliphatic rings. The third kappa shape index (κ3) is 3.86. The van der Waals surface area contributed by atoms with Gasteiger partial charge in [-0.2, -0.15) is 0 Å². The molecule has 6 heteroatoms. The van der Waals surface area contributed by atoms with Crippen molar-refractivity contribution in [3.8, 4) is 0 Å². The summed E-state index contributed by atoms with van der Waals surface area (Å²) in [5.41, 5.74) is 2.07. The first-order valence-electron chi connectivity index (χ1n) is 7.27. The number of halogens is 2. The Bertz CT molecular complexity index is 917. The molecule has 1 aromatic heterocycles. The van der Waals surface area contributed by atoms with E-state index in [1.165, 1.54) is 30.0 Å². The highest BCUT2D eigenvalue weighted by atomic mass is 35.5. The lowest BCUT2D eigenvalue weighted by Gasteiger charge is -2.08. The van der Waals surface area contributed by atoms with Crippen molar-refractivity contribution in [2.45, 2.75) is 11.9 Å². The van der Waals surface area contributed by atoms with E-state index in [4.69, 9.17) is 11.6 Å². The quantitative estimate of drug-likeness (QED) is 0.661. The van der Waals surface area contributed by atoms with Gasteiger partial charge in [-0.05, 0) is 42.8 Å². The molecule has 0 aliphatic carbocycles. The van der Waals surface area contributed by atoms with Gasteiger partial charge in [-0.1, -0.05) is 41.6 Å². The summed E-state index contributed by atoms with van der Waals surface area (Å²) >= 11 is 7.12. The lowest BCUT2D eigenvalue weighted by atomic mass is 10.1. The highest BCUT2D eigenvalue weighted by Gasteiger charge is 2.10. The fourth-order valence-electron chi connectivity index (χ4n) is 2.31. The van der Waals surface area contributed by atoms with Gasteiger partial charge in [-0.3, -0.25) is 4.79 Å². The maximum atomic E-state index is 13.6. The van der Waals surface area contributed by atoms with Crippen molar-refractivity contribution in [1.29, 1.82) is 0 Å². The molecule has 3 aromatic rings. The monoisotopic (exact) mass is 360 g/mol. The number of amides is 1. The van der Waals surface area contributed by atoms with Crippen LogP contribution in [0.5, 0.6) is 0 Å². The Kier molecular flexibility index (Phi) is 5.02. The summed E-state index contributed by atoms with van der Waals surface area (Å²) in [4.78, 5) is 16.6. The second-order valence-electron chi connectivity index (χ2n) is 5.26. The third-order valence-corrected chi connectivity index (χ3v) is 4.60. The van der Waals surface area contributed by atoms with E-state index in [-0.39, 0.29) is 17.3 Å². The normalized spacial score (nSPS) is 10.8. The van der Waals surface area contributed by atoms with Crippen LogP contribution in [0.4, 0.5) is 10.1 Å².